The Morgan fingerprint density at radius 1 is 1.02 bits per heavy atom. The fraction of sp³-hybridized carbons (Fsp3) is 0.282. The van der Waals surface area contributed by atoms with Crippen molar-refractivity contribution in [3.05, 3.63) is 109 Å². The van der Waals surface area contributed by atoms with E-state index in [1.54, 1.807) is 12.3 Å². The molecule has 0 saturated carbocycles. The quantitative estimate of drug-likeness (QED) is 0.0463. The van der Waals surface area contributed by atoms with Crippen LogP contribution in [-0.4, -0.2) is 48.7 Å². The van der Waals surface area contributed by atoms with E-state index in [1.165, 1.54) is 12.1 Å². The standard InChI is InChI=1S/C39H42N6O5S.Na/c1-5-22-44-34-20-17-30(51(48,49)50)25-31(34)39(4,21-11-14-38(46)47)37(44)26-40-42-27-15-18-32-35(23-27)45(28-12-9-8-10-13-28)36-24-29(43(6-2)7-3)16-19-33(36)41-32;/h8-10,12-13,15-20,23-26H,1,5-7,11,14,21-22H2,2-4H3,(H,46,47)(H,48,49,50);/q;+1/p-1. The molecule has 0 bridgehead atoms. The molecule has 5 aromatic rings. The minimum Gasteiger partial charge on any atom is -0.744 e. The molecular formula is C39H41N6NaO5S. The molecule has 0 aliphatic carbocycles. The van der Waals surface area contributed by atoms with E-state index in [2.05, 4.69) is 70.8 Å². The molecule has 2 heterocycles. The maximum Gasteiger partial charge on any atom is 1.00 e. The maximum atomic E-state index is 12.0. The molecule has 1 aromatic heterocycles. The first-order chi connectivity index (χ1) is 24.5. The molecule has 1 unspecified atom stereocenters. The van der Waals surface area contributed by atoms with Crippen LogP contribution in [0.4, 0.5) is 17.1 Å². The predicted octanol–water partition coefficient (Wildman–Crippen LogP) is 4.60. The van der Waals surface area contributed by atoms with Gasteiger partial charge in [0.15, 0.2) is 0 Å². The number of para-hydroxylation sites is 1. The summed E-state index contributed by atoms with van der Waals surface area (Å²) >= 11 is 0. The van der Waals surface area contributed by atoms with Gasteiger partial charge in [0, 0.05) is 66.3 Å². The number of hydrogen-bond donors (Lipinski definition) is 1. The SMILES string of the molecule is [CH2-]CCN1/C(=C/N=Nc2ccc3nc4ccc(N(CC)CC)cc4[n+](-c4ccccc4)c3c2)C(C)(CCCC(=O)O)c2cc(S(=O)(=O)[O-])ccc21.[Na+]. The summed E-state index contributed by atoms with van der Waals surface area (Å²) in [6.45, 7) is 12.5. The average Bonchev–Trinajstić information content (AvgIpc) is 3.33. The van der Waals surface area contributed by atoms with Gasteiger partial charge in [0.1, 0.15) is 21.2 Å². The van der Waals surface area contributed by atoms with Gasteiger partial charge in [0.25, 0.3) is 0 Å². The maximum absolute atomic E-state index is 12.0. The van der Waals surface area contributed by atoms with Crippen LogP contribution < -0.4 is 43.9 Å². The molecule has 4 aromatic carbocycles. The number of aromatic nitrogens is 2. The molecule has 13 heteroatoms. The number of carboxylic acid groups (broad SMARTS) is 1. The Kier molecular flexibility index (Phi) is 12.2. The number of hydrogen-bond acceptors (Lipinski definition) is 9. The summed E-state index contributed by atoms with van der Waals surface area (Å²) < 4.78 is 38.2. The van der Waals surface area contributed by atoms with Crippen molar-refractivity contribution in [3.63, 3.8) is 0 Å². The number of allylic oxidation sites excluding steroid dienone is 1. The van der Waals surface area contributed by atoms with Crippen LogP contribution in [0, 0.1) is 6.92 Å². The number of carboxylic acids is 1. The van der Waals surface area contributed by atoms with Crippen molar-refractivity contribution in [2.24, 2.45) is 10.2 Å². The second-order valence-electron chi connectivity index (χ2n) is 12.7. The summed E-state index contributed by atoms with van der Waals surface area (Å²) in [5.74, 6) is -0.928. The third-order valence-corrected chi connectivity index (χ3v) is 10.4. The predicted molar refractivity (Wildman–Crippen MR) is 198 cm³/mol. The normalized spacial score (nSPS) is 16.5. The van der Waals surface area contributed by atoms with Crippen molar-refractivity contribution in [1.29, 1.82) is 0 Å². The van der Waals surface area contributed by atoms with E-state index >= 15 is 0 Å². The molecule has 0 saturated heterocycles. The van der Waals surface area contributed by atoms with Gasteiger partial charge in [-0.3, -0.25) is 4.79 Å². The Hall–Kier alpha value is -4.20. The molecule has 6 rings (SSSR count). The number of benzene rings is 4. The Bertz CT molecular complexity index is 2280. The zero-order chi connectivity index (χ0) is 36.3. The largest absolute Gasteiger partial charge is 1.00 e. The van der Waals surface area contributed by atoms with Crippen molar-refractivity contribution in [2.75, 3.05) is 29.4 Å². The number of azo groups is 1. The fourth-order valence-corrected chi connectivity index (χ4v) is 7.56. The minimum absolute atomic E-state index is 0. The van der Waals surface area contributed by atoms with E-state index in [4.69, 9.17) is 4.98 Å². The molecule has 1 aliphatic rings. The summed E-state index contributed by atoms with van der Waals surface area (Å²) in [5, 5.41) is 18.5. The van der Waals surface area contributed by atoms with Crippen LogP contribution in [0.3, 0.4) is 0 Å². The van der Waals surface area contributed by atoms with Crippen LogP contribution in [0.15, 0.2) is 112 Å². The number of nitrogens with zero attached hydrogens (tertiary/aromatic N) is 6. The van der Waals surface area contributed by atoms with Crippen LogP contribution in [-0.2, 0) is 20.3 Å². The molecule has 52 heavy (non-hydrogen) atoms. The van der Waals surface area contributed by atoms with Gasteiger partial charge in [-0.25, -0.2) is 13.4 Å². The second-order valence-corrected chi connectivity index (χ2v) is 14.1. The van der Waals surface area contributed by atoms with Gasteiger partial charge in [0.2, 0.25) is 16.7 Å². The molecule has 264 valence electrons. The molecule has 1 atom stereocenters. The van der Waals surface area contributed by atoms with Gasteiger partial charge in [-0.15, -0.1) is 4.57 Å². The van der Waals surface area contributed by atoms with Gasteiger partial charge in [-0.2, -0.15) is 16.6 Å². The van der Waals surface area contributed by atoms with E-state index in [0.29, 0.717) is 42.8 Å². The van der Waals surface area contributed by atoms with Crippen LogP contribution in [0.5, 0.6) is 0 Å². The molecule has 0 fully saturated rings. The summed E-state index contributed by atoms with van der Waals surface area (Å²) in [4.78, 5) is 20.4. The van der Waals surface area contributed by atoms with Crippen LogP contribution in [0.25, 0.3) is 27.8 Å². The smallest absolute Gasteiger partial charge is 0.744 e. The summed E-state index contributed by atoms with van der Waals surface area (Å²) in [6.07, 6.45) is 2.82. The van der Waals surface area contributed by atoms with Gasteiger partial charge in [0.05, 0.1) is 16.8 Å². The first-order valence-electron chi connectivity index (χ1n) is 17.1. The van der Waals surface area contributed by atoms with Crippen molar-refractivity contribution >= 4 is 55.2 Å². The monoisotopic (exact) mass is 728 g/mol. The number of aliphatic carboxylic acids is 1. The summed E-state index contributed by atoms with van der Waals surface area (Å²) in [6, 6.07) is 26.5. The number of fused-ring (bicyclic) bond motifs is 3. The third-order valence-electron chi connectivity index (χ3n) is 9.58. The molecular weight excluding hydrogens is 688 g/mol. The molecule has 1 N–H and O–H groups in total. The van der Waals surface area contributed by atoms with E-state index in [0.717, 1.165) is 52.2 Å². The summed E-state index contributed by atoms with van der Waals surface area (Å²) in [5.41, 5.74) is 7.37. The fourth-order valence-electron chi connectivity index (χ4n) is 7.06. The van der Waals surface area contributed by atoms with Crippen LogP contribution in [0.2, 0.25) is 0 Å². The number of rotatable bonds is 13. The van der Waals surface area contributed by atoms with E-state index in [1.807, 2.05) is 48.2 Å². The average molecular weight is 729 g/mol. The molecule has 0 spiro atoms. The second kappa shape index (κ2) is 16.2. The first kappa shape index (κ1) is 39.0. The van der Waals surface area contributed by atoms with Crippen molar-refractivity contribution in [2.45, 2.75) is 56.8 Å². The molecule has 1 aliphatic heterocycles. The molecule has 11 nitrogen and oxygen atoms in total. The first-order valence-corrected chi connectivity index (χ1v) is 18.5. The van der Waals surface area contributed by atoms with Crippen molar-refractivity contribution in [3.8, 4) is 5.69 Å². The van der Waals surface area contributed by atoms with Crippen molar-refractivity contribution in [1.82, 2.24) is 4.98 Å². The van der Waals surface area contributed by atoms with Crippen molar-refractivity contribution < 1.29 is 57.0 Å². The number of carbonyl (C=O) groups is 1. The third kappa shape index (κ3) is 7.77. The van der Waals surface area contributed by atoms with Gasteiger partial charge in [-0.05, 0) is 88.2 Å². The Balaban J connectivity index is 0.00000523. The zero-order valence-corrected chi connectivity index (χ0v) is 32.8. The Labute approximate surface area is 326 Å². The van der Waals surface area contributed by atoms with Gasteiger partial charge >= 0.3 is 35.5 Å². The topological polar surface area (TPSA) is 142 Å². The van der Waals surface area contributed by atoms with Gasteiger partial charge in [-0.1, -0.05) is 18.2 Å². The zero-order valence-electron chi connectivity index (χ0n) is 30.0. The summed E-state index contributed by atoms with van der Waals surface area (Å²) in [7, 11) is -4.72. The van der Waals surface area contributed by atoms with E-state index < -0.39 is 21.5 Å². The minimum atomic E-state index is -4.72. The van der Waals surface area contributed by atoms with E-state index in [-0.39, 0.29) is 40.9 Å². The molecule has 0 amide bonds. The van der Waals surface area contributed by atoms with Crippen LogP contribution >= 0.6 is 0 Å². The Morgan fingerprint density at radius 2 is 1.71 bits per heavy atom. The molecule has 0 radical (unpaired) electrons. The van der Waals surface area contributed by atoms with E-state index in [9.17, 15) is 22.9 Å². The van der Waals surface area contributed by atoms with Gasteiger partial charge < -0.3 is 26.4 Å². The van der Waals surface area contributed by atoms with Crippen LogP contribution in [0.1, 0.15) is 52.0 Å². The Morgan fingerprint density at radius 3 is 2.37 bits per heavy atom. The number of anilines is 2.